The monoisotopic (exact) mass is 245 g/mol. The molecule has 0 saturated carbocycles. The average Bonchev–Trinajstić information content (AvgIpc) is 2.27. The standard InChI is InChI=1S/C10H23N5O2/c1-7(2)13-10(15-11)14-8(3)9(16)12-5-6-17-4/h7-8H,5-6,11H2,1-4H3,(H,12,16)(H2,13,14,15). The Morgan fingerprint density at radius 3 is 2.53 bits per heavy atom. The van der Waals surface area contributed by atoms with Gasteiger partial charge in [0, 0.05) is 19.7 Å². The predicted octanol–water partition coefficient (Wildman–Crippen LogP) is -1.05. The van der Waals surface area contributed by atoms with Gasteiger partial charge >= 0.3 is 0 Å². The van der Waals surface area contributed by atoms with Crippen molar-refractivity contribution in [1.82, 2.24) is 16.1 Å². The van der Waals surface area contributed by atoms with Gasteiger partial charge in [-0.3, -0.25) is 10.2 Å². The van der Waals surface area contributed by atoms with E-state index in [1.165, 1.54) is 0 Å². The van der Waals surface area contributed by atoms with Gasteiger partial charge in [0.1, 0.15) is 6.04 Å². The fourth-order valence-electron chi connectivity index (χ4n) is 1.07. The number of hydrazine groups is 1. The zero-order valence-corrected chi connectivity index (χ0v) is 10.9. The van der Waals surface area contributed by atoms with Crippen LogP contribution in [-0.2, 0) is 9.53 Å². The number of carbonyl (C=O) groups excluding carboxylic acids is 1. The Bertz CT molecular complexity index is 255. The lowest BCUT2D eigenvalue weighted by atomic mass is 10.3. The maximum Gasteiger partial charge on any atom is 0.244 e. The van der Waals surface area contributed by atoms with Crippen molar-refractivity contribution in [2.24, 2.45) is 10.8 Å². The molecule has 0 aliphatic rings. The number of nitrogens with one attached hydrogen (secondary N) is 3. The number of rotatable bonds is 6. The minimum Gasteiger partial charge on any atom is -0.383 e. The highest BCUT2D eigenvalue weighted by Gasteiger charge is 2.12. The number of nitrogens with zero attached hydrogens (tertiary/aromatic N) is 1. The Hall–Kier alpha value is -1.34. The first-order chi connectivity index (χ1) is 8.01. The fourth-order valence-corrected chi connectivity index (χ4v) is 1.07. The highest BCUT2D eigenvalue weighted by molar-refractivity contribution is 5.86. The van der Waals surface area contributed by atoms with E-state index in [0.29, 0.717) is 19.1 Å². The van der Waals surface area contributed by atoms with Gasteiger partial charge in [0.25, 0.3) is 0 Å². The second-order valence-electron chi connectivity index (χ2n) is 3.88. The second-order valence-corrected chi connectivity index (χ2v) is 3.88. The molecule has 1 unspecified atom stereocenters. The number of nitrogens with two attached hydrogens (primary N) is 1. The molecule has 0 heterocycles. The minimum absolute atomic E-state index is 0.166. The van der Waals surface area contributed by atoms with E-state index >= 15 is 0 Å². The van der Waals surface area contributed by atoms with E-state index < -0.39 is 6.04 Å². The number of ether oxygens (including phenoxy) is 1. The highest BCUT2D eigenvalue weighted by Crippen LogP contribution is 1.90. The van der Waals surface area contributed by atoms with Crippen LogP contribution >= 0.6 is 0 Å². The van der Waals surface area contributed by atoms with Crippen molar-refractivity contribution in [3.8, 4) is 0 Å². The van der Waals surface area contributed by atoms with Crippen LogP contribution in [0.3, 0.4) is 0 Å². The first-order valence-corrected chi connectivity index (χ1v) is 5.58. The quantitative estimate of drug-likeness (QED) is 0.157. The van der Waals surface area contributed by atoms with Gasteiger partial charge in [-0.2, -0.15) is 0 Å². The molecule has 0 aromatic carbocycles. The molecule has 7 nitrogen and oxygen atoms in total. The highest BCUT2D eigenvalue weighted by atomic mass is 16.5. The van der Waals surface area contributed by atoms with Crippen molar-refractivity contribution >= 4 is 11.9 Å². The molecule has 1 amide bonds. The summed E-state index contributed by atoms with van der Waals surface area (Å²) in [5, 5.41) is 5.69. The third-order valence-electron chi connectivity index (χ3n) is 1.87. The van der Waals surface area contributed by atoms with Crippen LogP contribution in [0.1, 0.15) is 20.8 Å². The molecule has 0 fully saturated rings. The molecule has 0 aliphatic heterocycles. The van der Waals surface area contributed by atoms with Gasteiger partial charge in [0.2, 0.25) is 11.9 Å². The van der Waals surface area contributed by atoms with Crippen molar-refractivity contribution < 1.29 is 9.53 Å². The lowest BCUT2D eigenvalue weighted by Gasteiger charge is -2.14. The van der Waals surface area contributed by atoms with Crippen molar-refractivity contribution in [1.29, 1.82) is 0 Å². The molecule has 7 heteroatoms. The molecule has 0 spiro atoms. The zero-order chi connectivity index (χ0) is 13.3. The normalized spacial score (nSPS) is 13.4. The number of hydrogen-bond acceptors (Lipinski definition) is 4. The Morgan fingerprint density at radius 2 is 2.06 bits per heavy atom. The smallest absolute Gasteiger partial charge is 0.244 e. The Morgan fingerprint density at radius 1 is 1.41 bits per heavy atom. The van der Waals surface area contributed by atoms with Crippen LogP contribution in [0.4, 0.5) is 0 Å². The molecule has 100 valence electrons. The van der Waals surface area contributed by atoms with Crippen LogP contribution < -0.4 is 21.9 Å². The molecular formula is C10H23N5O2. The number of amides is 1. The van der Waals surface area contributed by atoms with Gasteiger partial charge in [-0.15, -0.1) is 0 Å². The molecule has 0 saturated heterocycles. The molecule has 17 heavy (non-hydrogen) atoms. The maximum atomic E-state index is 11.6. The Labute approximate surface area is 102 Å². The molecule has 0 aliphatic carbocycles. The Balaban J connectivity index is 4.22. The van der Waals surface area contributed by atoms with Crippen molar-refractivity contribution in [2.75, 3.05) is 20.3 Å². The molecule has 0 radical (unpaired) electrons. The fraction of sp³-hybridized carbons (Fsp3) is 0.800. The van der Waals surface area contributed by atoms with Crippen molar-refractivity contribution in [2.45, 2.75) is 32.9 Å². The summed E-state index contributed by atoms with van der Waals surface area (Å²) in [6, 6.07) is -0.322. The van der Waals surface area contributed by atoms with Crippen LogP contribution in [-0.4, -0.2) is 44.2 Å². The van der Waals surface area contributed by atoms with E-state index in [9.17, 15) is 4.79 Å². The molecule has 0 bridgehead atoms. The molecular weight excluding hydrogens is 222 g/mol. The van der Waals surface area contributed by atoms with Gasteiger partial charge in [-0.1, -0.05) is 0 Å². The zero-order valence-electron chi connectivity index (χ0n) is 10.9. The predicted molar refractivity (Wildman–Crippen MR) is 67.4 cm³/mol. The van der Waals surface area contributed by atoms with Crippen LogP contribution in [0.15, 0.2) is 4.99 Å². The van der Waals surface area contributed by atoms with Crippen molar-refractivity contribution in [3.05, 3.63) is 0 Å². The summed E-state index contributed by atoms with van der Waals surface area (Å²) >= 11 is 0. The van der Waals surface area contributed by atoms with E-state index in [2.05, 4.69) is 21.1 Å². The first-order valence-electron chi connectivity index (χ1n) is 5.58. The number of carbonyl (C=O) groups is 1. The summed E-state index contributed by atoms with van der Waals surface area (Å²) < 4.78 is 4.83. The van der Waals surface area contributed by atoms with Gasteiger partial charge in [0.05, 0.1) is 6.61 Å². The van der Waals surface area contributed by atoms with Gasteiger partial charge < -0.3 is 15.4 Å². The summed E-state index contributed by atoms with van der Waals surface area (Å²) in [6.45, 7) is 6.56. The van der Waals surface area contributed by atoms with Crippen molar-refractivity contribution in [3.63, 3.8) is 0 Å². The van der Waals surface area contributed by atoms with Gasteiger partial charge in [-0.25, -0.2) is 10.8 Å². The summed E-state index contributed by atoms with van der Waals surface area (Å²) in [6.07, 6.45) is 0. The lowest BCUT2D eigenvalue weighted by Crippen LogP contribution is -2.46. The third kappa shape index (κ3) is 7.53. The van der Waals surface area contributed by atoms with Crippen LogP contribution in [0, 0.1) is 0 Å². The minimum atomic E-state index is -0.510. The van der Waals surface area contributed by atoms with E-state index in [0.717, 1.165) is 0 Å². The third-order valence-corrected chi connectivity index (χ3v) is 1.87. The number of hydrogen-bond donors (Lipinski definition) is 4. The van der Waals surface area contributed by atoms with Crippen LogP contribution in [0.25, 0.3) is 0 Å². The number of aliphatic imine (C=N–C) groups is 1. The number of methoxy groups -OCH3 is 1. The summed E-state index contributed by atoms with van der Waals surface area (Å²) in [4.78, 5) is 15.7. The molecule has 0 aromatic heterocycles. The van der Waals surface area contributed by atoms with Gasteiger partial charge in [0.15, 0.2) is 0 Å². The largest absolute Gasteiger partial charge is 0.383 e. The lowest BCUT2D eigenvalue weighted by molar-refractivity contribution is -0.122. The molecule has 1 atom stereocenters. The SMILES string of the molecule is COCCNC(=O)C(C)N=C(NN)NC(C)C. The van der Waals surface area contributed by atoms with E-state index in [1.807, 2.05) is 13.8 Å². The first kappa shape index (κ1) is 15.7. The summed E-state index contributed by atoms with van der Waals surface area (Å²) in [7, 11) is 1.58. The Kier molecular flexibility index (Phi) is 8.08. The molecule has 0 aromatic rings. The van der Waals surface area contributed by atoms with Crippen LogP contribution in [0.5, 0.6) is 0 Å². The van der Waals surface area contributed by atoms with E-state index in [1.54, 1.807) is 14.0 Å². The van der Waals surface area contributed by atoms with E-state index in [-0.39, 0.29) is 11.9 Å². The second kappa shape index (κ2) is 8.77. The summed E-state index contributed by atoms with van der Waals surface area (Å²) in [5.74, 6) is 5.53. The molecule has 0 rings (SSSR count). The topological polar surface area (TPSA) is 101 Å². The van der Waals surface area contributed by atoms with Gasteiger partial charge in [-0.05, 0) is 20.8 Å². The number of guanidine groups is 1. The van der Waals surface area contributed by atoms with Crippen LogP contribution in [0.2, 0.25) is 0 Å². The molecule has 5 N–H and O–H groups in total. The average molecular weight is 245 g/mol. The summed E-state index contributed by atoms with van der Waals surface area (Å²) in [5.41, 5.74) is 2.42. The van der Waals surface area contributed by atoms with E-state index in [4.69, 9.17) is 10.6 Å². The maximum absolute atomic E-state index is 11.6.